The van der Waals surface area contributed by atoms with Crippen molar-refractivity contribution in [1.82, 2.24) is 15.3 Å². The Bertz CT molecular complexity index is 766. The maximum atomic E-state index is 11.9. The van der Waals surface area contributed by atoms with Crippen LogP contribution < -0.4 is 10.1 Å². The molecule has 0 radical (unpaired) electrons. The summed E-state index contributed by atoms with van der Waals surface area (Å²) in [6, 6.07) is 15.4. The number of para-hydroxylation sites is 2. The summed E-state index contributed by atoms with van der Waals surface area (Å²) in [6.07, 6.45) is 0. The Balaban J connectivity index is 1.49. The van der Waals surface area contributed by atoms with E-state index in [0.717, 1.165) is 27.5 Å². The molecule has 0 bridgehead atoms. The molecule has 2 aromatic carbocycles. The Morgan fingerprint density at radius 2 is 2.00 bits per heavy atom. The molecule has 6 heteroatoms. The van der Waals surface area contributed by atoms with Crippen LogP contribution in [0.5, 0.6) is 5.75 Å². The smallest absolute Gasteiger partial charge is 0.230 e. The van der Waals surface area contributed by atoms with E-state index in [9.17, 15) is 4.79 Å². The zero-order valence-corrected chi connectivity index (χ0v) is 13.5. The van der Waals surface area contributed by atoms with Gasteiger partial charge in [-0.3, -0.25) is 4.79 Å². The van der Waals surface area contributed by atoms with Gasteiger partial charge in [0.2, 0.25) is 5.91 Å². The van der Waals surface area contributed by atoms with E-state index in [1.165, 1.54) is 11.8 Å². The van der Waals surface area contributed by atoms with E-state index in [1.807, 2.05) is 48.5 Å². The Morgan fingerprint density at radius 3 is 2.74 bits per heavy atom. The molecule has 0 spiro atoms. The van der Waals surface area contributed by atoms with Crippen molar-refractivity contribution in [3.05, 3.63) is 54.4 Å². The lowest BCUT2D eigenvalue weighted by Crippen LogP contribution is -2.25. The zero-order chi connectivity index (χ0) is 16.1. The Labute approximate surface area is 138 Å². The summed E-state index contributed by atoms with van der Waals surface area (Å²) in [5.74, 6) is 1.91. The molecule has 23 heavy (non-hydrogen) atoms. The summed E-state index contributed by atoms with van der Waals surface area (Å²) in [5, 5.41) is 2.87. The number of imidazole rings is 1. The topological polar surface area (TPSA) is 67.0 Å². The second-order valence-electron chi connectivity index (χ2n) is 4.94. The molecule has 0 saturated heterocycles. The number of nitrogens with one attached hydrogen (secondary N) is 2. The number of hydrogen-bond acceptors (Lipinski definition) is 4. The molecule has 0 fully saturated rings. The molecular weight excluding hydrogens is 310 g/mol. The fraction of sp³-hybridized carbons (Fsp3) is 0.176. The number of rotatable bonds is 6. The van der Waals surface area contributed by atoms with Crippen LogP contribution in [-0.4, -0.2) is 28.7 Å². The lowest BCUT2D eigenvalue weighted by molar-refractivity contribution is -0.118. The number of aromatic nitrogens is 2. The predicted octanol–water partition coefficient (Wildman–Crippen LogP) is 2.98. The number of nitrogens with zero attached hydrogens (tertiary/aromatic N) is 1. The summed E-state index contributed by atoms with van der Waals surface area (Å²) in [4.78, 5) is 20.6. The monoisotopic (exact) mass is 327 g/mol. The van der Waals surface area contributed by atoms with Gasteiger partial charge in [0.25, 0.3) is 0 Å². The van der Waals surface area contributed by atoms with E-state index >= 15 is 0 Å². The summed E-state index contributed by atoms with van der Waals surface area (Å²) < 4.78 is 5.11. The molecule has 0 unspecified atom stereocenters. The average Bonchev–Trinajstić information content (AvgIpc) is 3.01. The van der Waals surface area contributed by atoms with Crippen molar-refractivity contribution in [2.24, 2.45) is 0 Å². The van der Waals surface area contributed by atoms with Gasteiger partial charge in [0.1, 0.15) is 11.6 Å². The van der Waals surface area contributed by atoms with E-state index in [4.69, 9.17) is 4.74 Å². The van der Waals surface area contributed by atoms with Gasteiger partial charge in [0.15, 0.2) is 0 Å². The molecule has 3 aromatic rings. The molecule has 2 N–H and O–H groups in total. The molecule has 0 aliphatic carbocycles. The number of amides is 1. The molecule has 0 saturated carbocycles. The van der Waals surface area contributed by atoms with Gasteiger partial charge in [-0.25, -0.2) is 4.98 Å². The van der Waals surface area contributed by atoms with Gasteiger partial charge in [-0.05, 0) is 36.4 Å². The van der Waals surface area contributed by atoms with Crippen LogP contribution in [0.2, 0.25) is 0 Å². The lowest BCUT2D eigenvalue weighted by atomic mass is 10.3. The number of fused-ring (bicyclic) bond motifs is 1. The van der Waals surface area contributed by atoms with Gasteiger partial charge in [0, 0.05) is 4.90 Å². The molecule has 0 atom stereocenters. The minimum Gasteiger partial charge on any atom is -0.497 e. The standard InChI is InChI=1S/C17H17N3O2S/c1-22-12-6-8-13(9-7-12)23-11-17(21)18-10-16-19-14-4-2-3-5-15(14)20-16/h2-9H,10-11H2,1H3,(H,18,21)(H,19,20). The number of benzene rings is 2. The van der Waals surface area contributed by atoms with E-state index in [0.29, 0.717) is 12.3 Å². The van der Waals surface area contributed by atoms with Gasteiger partial charge >= 0.3 is 0 Å². The van der Waals surface area contributed by atoms with Gasteiger partial charge < -0.3 is 15.0 Å². The molecule has 1 aromatic heterocycles. The second kappa shape index (κ2) is 7.19. The molecule has 118 valence electrons. The Kier molecular flexibility index (Phi) is 4.83. The maximum absolute atomic E-state index is 11.9. The Hall–Kier alpha value is -2.47. The van der Waals surface area contributed by atoms with Crippen molar-refractivity contribution in [2.45, 2.75) is 11.4 Å². The van der Waals surface area contributed by atoms with Crippen LogP contribution in [0.4, 0.5) is 0 Å². The number of ether oxygens (including phenoxy) is 1. The summed E-state index contributed by atoms with van der Waals surface area (Å²) >= 11 is 1.49. The number of carbonyl (C=O) groups excluding carboxylic acids is 1. The van der Waals surface area contributed by atoms with Gasteiger partial charge in [-0.15, -0.1) is 11.8 Å². The number of aromatic amines is 1. The summed E-state index contributed by atoms with van der Waals surface area (Å²) in [5.41, 5.74) is 1.88. The lowest BCUT2D eigenvalue weighted by Gasteiger charge is -2.04. The molecule has 3 rings (SSSR count). The molecular formula is C17H17N3O2S. The van der Waals surface area contributed by atoms with Gasteiger partial charge in [0.05, 0.1) is 30.4 Å². The molecule has 1 heterocycles. The minimum absolute atomic E-state index is 0.0220. The van der Waals surface area contributed by atoms with Crippen LogP contribution in [0, 0.1) is 0 Å². The first-order chi connectivity index (χ1) is 11.2. The van der Waals surface area contributed by atoms with Crippen LogP contribution in [0.15, 0.2) is 53.4 Å². The molecule has 5 nitrogen and oxygen atoms in total. The fourth-order valence-electron chi connectivity index (χ4n) is 2.14. The Morgan fingerprint density at radius 1 is 1.22 bits per heavy atom. The molecule has 0 aliphatic heterocycles. The second-order valence-corrected chi connectivity index (χ2v) is 5.99. The first kappa shape index (κ1) is 15.4. The highest BCUT2D eigenvalue weighted by molar-refractivity contribution is 8.00. The zero-order valence-electron chi connectivity index (χ0n) is 12.7. The van der Waals surface area contributed by atoms with E-state index in [-0.39, 0.29) is 5.91 Å². The number of hydrogen-bond donors (Lipinski definition) is 2. The quantitative estimate of drug-likeness (QED) is 0.683. The van der Waals surface area contributed by atoms with Crippen molar-refractivity contribution in [2.75, 3.05) is 12.9 Å². The SMILES string of the molecule is COc1ccc(SCC(=O)NCc2nc3ccccc3[nH]2)cc1. The highest BCUT2D eigenvalue weighted by Crippen LogP contribution is 2.21. The average molecular weight is 327 g/mol. The van der Waals surface area contributed by atoms with Crippen LogP contribution in [0.3, 0.4) is 0 Å². The van der Waals surface area contributed by atoms with E-state index in [2.05, 4.69) is 15.3 Å². The van der Waals surface area contributed by atoms with Crippen molar-refractivity contribution < 1.29 is 9.53 Å². The highest BCUT2D eigenvalue weighted by atomic mass is 32.2. The predicted molar refractivity (Wildman–Crippen MR) is 91.7 cm³/mol. The van der Waals surface area contributed by atoms with Crippen molar-refractivity contribution >= 4 is 28.7 Å². The number of methoxy groups -OCH3 is 1. The molecule has 1 amide bonds. The first-order valence-electron chi connectivity index (χ1n) is 7.22. The third-order valence-electron chi connectivity index (χ3n) is 3.32. The third-order valence-corrected chi connectivity index (χ3v) is 4.33. The fourth-order valence-corrected chi connectivity index (χ4v) is 2.87. The highest BCUT2D eigenvalue weighted by Gasteiger charge is 2.06. The van der Waals surface area contributed by atoms with Crippen LogP contribution in [-0.2, 0) is 11.3 Å². The normalized spacial score (nSPS) is 10.7. The van der Waals surface area contributed by atoms with Crippen LogP contribution >= 0.6 is 11.8 Å². The number of H-pyrrole nitrogens is 1. The van der Waals surface area contributed by atoms with Crippen LogP contribution in [0.1, 0.15) is 5.82 Å². The van der Waals surface area contributed by atoms with E-state index < -0.39 is 0 Å². The third kappa shape index (κ3) is 4.04. The van der Waals surface area contributed by atoms with Crippen LogP contribution in [0.25, 0.3) is 11.0 Å². The maximum Gasteiger partial charge on any atom is 0.230 e. The number of carbonyl (C=O) groups is 1. The summed E-state index contributed by atoms with van der Waals surface area (Å²) in [6.45, 7) is 0.399. The van der Waals surface area contributed by atoms with E-state index in [1.54, 1.807) is 7.11 Å². The van der Waals surface area contributed by atoms with Gasteiger partial charge in [-0.2, -0.15) is 0 Å². The largest absolute Gasteiger partial charge is 0.497 e. The van der Waals surface area contributed by atoms with Gasteiger partial charge in [-0.1, -0.05) is 12.1 Å². The minimum atomic E-state index is -0.0220. The van der Waals surface area contributed by atoms with Crippen molar-refractivity contribution in [3.8, 4) is 5.75 Å². The number of thioether (sulfide) groups is 1. The van der Waals surface area contributed by atoms with Crippen molar-refractivity contribution in [1.29, 1.82) is 0 Å². The summed E-state index contributed by atoms with van der Waals surface area (Å²) in [7, 11) is 1.63. The first-order valence-corrected chi connectivity index (χ1v) is 8.20. The molecule has 0 aliphatic rings. The van der Waals surface area contributed by atoms with Crippen molar-refractivity contribution in [3.63, 3.8) is 0 Å².